The number of halogens is 1. The van der Waals surface area contributed by atoms with E-state index < -0.39 is 35.3 Å². The summed E-state index contributed by atoms with van der Waals surface area (Å²) in [6, 6.07) is 16.9. The first-order chi connectivity index (χ1) is 38.8. The summed E-state index contributed by atoms with van der Waals surface area (Å²) in [5.41, 5.74) is 12.4. The van der Waals surface area contributed by atoms with Gasteiger partial charge in [0.15, 0.2) is 5.65 Å². The number of aryl methyl sites for hydroxylation is 1. The van der Waals surface area contributed by atoms with Crippen LogP contribution in [0.5, 0.6) is 0 Å². The molecule has 5 amide bonds. The van der Waals surface area contributed by atoms with Crippen LogP contribution in [-0.2, 0) is 20.9 Å². The number of piperidine rings is 3. The van der Waals surface area contributed by atoms with Crippen LogP contribution in [0.25, 0.3) is 28.1 Å². The highest BCUT2D eigenvalue weighted by Gasteiger charge is 2.46. The Kier molecular flexibility index (Phi) is 14.0. The Labute approximate surface area is 461 Å². The van der Waals surface area contributed by atoms with Crippen LogP contribution in [-0.4, -0.2) is 155 Å². The lowest BCUT2D eigenvalue weighted by atomic mass is 9.91. The summed E-state index contributed by atoms with van der Waals surface area (Å²) in [5.74, 6) is 5.52. The van der Waals surface area contributed by atoms with Crippen molar-refractivity contribution < 1.29 is 28.4 Å². The molecule has 20 nitrogen and oxygen atoms in total. The highest BCUT2D eigenvalue weighted by molar-refractivity contribution is 6.25. The summed E-state index contributed by atoms with van der Waals surface area (Å²) in [6.45, 7) is 10.8. The third-order valence-corrected chi connectivity index (χ3v) is 16.7. The maximum atomic E-state index is 15.9. The molecule has 4 fully saturated rings. The average Bonchev–Trinajstić information content (AvgIpc) is 4.38. The number of imide groups is 2. The van der Waals surface area contributed by atoms with Gasteiger partial charge in [0.2, 0.25) is 17.7 Å². The Morgan fingerprint density at radius 3 is 2.48 bits per heavy atom. The molecule has 21 heteroatoms. The highest BCUT2D eigenvalue weighted by Crippen LogP contribution is 2.35. The molecule has 0 spiro atoms. The van der Waals surface area contributed by atoms with Crippen molar-refractivity contribution in [1.29, 1.82) is 0 Å². The summed E-state index contributed by atoms with van der Waals surface area (Å²) >= 11 is 0. The normalized spacial score (nSPS) is 21.4. The van der Waals surface area contributed by atoms with E-state index in [4.69, 9.17) is 20.7 Å². The first-order valence-corrected chi connectivity index (χ1v) is 27.5. The number of benzene rings is 2. The Morgan fingerprint density at radius 1 is 0.912 bits per heavy atom. The van der Waals surface area contributed by atoms with Crippen LogP contribution in [0.15, 0.2) is 95.9 Å². The Bertz CT molecular complexity index is 3590. The average molecular weight is 1080 g/mol. The van der Waals surface area contributed by atoms with Crippen molar-refractivity contribution in [3.05, 3.63) is 119 Å². The lowest BCUT2D eigenvalue weighted by molar-refractivity contribution is -0.139. The Hall–Kier alpha value is -8.61. The zero-order valence-electron chi connectivity index (χ0n) is 44.8. The van der Waals surface area contributed by atoms with Gasteiger partial charge in [0.1, 0.15) is 34.7 Å². The minimum Gasteiger partial charge on any atom is -0.384 e. The number of aliphatic imine (C=N–C) groups is 1. The number of fused-ring (bicyclic) bond motifs is 2. The number of nitrogens with one attached hydrogen (secondary N) is 2. The minimum absolute atomic E-state index is 0.0247. The third kappa shape index (κ3) is 10.2. The number of carbonyl (C=O) groups is 5. The molecule has 6 aromatic rings. The molecule has 4 aromatic heterocycles. The number of likely N-dealkylation sites (tertiary alicyclic amines) is 2. The number of imidazole rings is 1. The molecule has 2 aromatic carbocycles. The van der Waals surface area contributed by atoms with Gasteiger partial charge in [-0.05, 0) is 94.5 Å². The molecule has 1 unspecified atom stereocenters. The highest BCUT2D eigenvalue weighted by atomic mass is 19.1. The monoisotopic (exact) mass is 1080 g/mol. The molecule has 410 valence electrons. The van der Waals surface area contributed by atoms with Crippen molar-refractivity contribution in [3.8, 4) is 28.8 Å². The molecule has 4 saturated heterocycles. The second-order valence-electron chi connectivity index (χ2n) is 21.7. The molecule has 0 bridgehead atoms. The largest absolute Gasteiger partial charge is 0.384 e. The summed E-state index contributed by atoms with van der Waals surface area (Å²) in [7, 11) is 0. The molecule has 0 saturated carbocycles. The number of amides is 5. The van der Waals surface area contributed by atoms with E-state index in [9.17, 15) is 24.0 Å². The summed E-state index contributed by atoms with van der Waals surface area (Å²) in [4.78, 5) is 93.4. The van der Waals surface area contributed by atoms with Crippen molar-refractivity contribution in [2.75, 3.05) is 74.9 Å². The van der Waals surface area contributed by atoms with Gasteiger partial charge in [-0.3, -0.25) is 58.2 Å². The molecule has 0 radical (unpaired) electrons. The van der Waals surface area contributed by atoms with Gasteiger partial charge >= 0.3 is 0 Å². The fraction of sp³-hybridized carbons (Fsp3) is 0.390. The number of allylic oxidation sites excluding steroid dienone is 1. The van der Waals surface area contributed by atoms with E-state index in [-0.39, 0.29) is 47.7 Å². The van der Waals surface area contributed by atoms with Crippen LogP contribution < -0.4 is 21.3 Å². The van der Waals surface area contributed by atoms with E-state index in [0.717, 1.165) is 91.1 Å². The van der Waals surface area contributed by atoms with E-state index >= 15 is 4.39 Å². The topological polar surface area (TPSA) is 225 Å². The van der Waals surface area contributed by atoms with Gasteiger partial charge in [0.25, 0.3) is 11.8 Å². The number of piperazine rings is 1. The standard InChI is InChI=1S/C59H62FN15O5/c1-37-66-48-10-9-46(41-15-21-62-51(61)31-41)67-54(48)74(37)43-8-11-49(45(60)32-43)70-29-27-69(28-30-70)22-4-5-38-14-20-59(2,64-34-38)72-25-16-40(17-26-72)56(78)71-23-18-42(19-24-71)73-36-39(35-65-73)33-63-47-7-3-6-44-53(47)58(80)75(57(44)79)50-12-13-52(76)68-55(50)77/h3,6-11,14-15,21,31-32,34-36,40,42,50,63H,12-13,16-20,22-30,33H2,1-2H3,(H2,61,62)(H,68,76,77)/t50-,59?/m0/s1. The van der Waals surface area contributed by atoms with Gasteiger partial charge in [-0.15, -0.1) is 0 Å². The Morgan fingerprint density at radius 2 is 1.73 bits per heavy atom. The van der Waals surface area contributed by atoms with Crippen molar-refractivity contribution in [3.63, 3.8) is 0 Å². The van der Waals surface area contributed by atoms with Crippen LogP contribution in [0, 0.1) is 30.5 Å². The summed E-state index contributed by atoms with van der Waals surface area (Å²) in [5, 5.41) is 10.2. The molecule has 4 N–H and O–H groups in total. The number of dihydropyridines is 1. The van der Waals surface area contributed by atoms with Crippen molar-refractivity contribution in [1.82, 2.24) is 54.2 Å². The second kappa shape index (κ2) is 21.6. The maximum absolute atomic E-state index is 15.9. The zero-order chi connectivity index (χ0) is 55.2. The molecular formula is C59H62FN15O5. The van der Waals surface area contributed by atoms with Gasteiger partial charge in [0.05, 0.1) is 47.0 Å². The predicted octanol–water partition coefficient (Wildman–Crippen LogP) is 5.54. The lowest BCUT2D eigenvalue weighted by Gasteiger charge is -2.43. The number of carbonyl (C=O) groups excluding carboxylic acids is 5. The smallest absolute Gasteiger partial charge is 0.264 e. The fourth-order valence-corrected chi connectivity index (χ4v) is 12.1. The first kappa shape index (κ1) is 52.1. The molecule has 6 aliphatic rings. The minimum atomic E-state index is -1.03. The number of hydrogen-bond acceptors (Lipinski definition) is 15. The summed E-state index contributed by atoms with van der Waals surface area (Å²) < 4.78 is 19.7. The van der Waals surface area contributed by atoms with Gasteiger partial charge < -0.3 is 20.9 Å². The van der Waals surface area contributed by atoms with E-state index in [0.29, 0.717) is 73.6 Å². The third-order valence-electron chi connectivity index (χ3n) is 16.7. The maximum Gasteiger partial charge on any atom is 0.264 e. The van der Waals surface area contributed by atoms with Crippen molar-refractivity contribution in [2.24, 2.45) is 10.9 Å². The van der Waals surface area contributed by atoms with Crippen LogP contribution in [0.4, 0.5) is 21.6 Å². The molecule has 12 rings (SSSR count). The lowest BCUT2D eigenvalue weighted by Crippen LogP contribution is -2.54. The number of nitrogen functional groups attached to an aromatic ring is 1. The van der Waals surface area contributed by atoms with Crippen LogP contribution in [0.2, 0.25) is 0 Å². The fourth-order valence-electron chi connectivity index (χ4n) is 12.1. The summed E-state index contributed by atoms with van der Waals surface area (Å²) in [6.07, 6.45) is 13.5. The number of pyridine rings is 2. The van der Waals surface area contributed by atoms with Crippen LogP contribution in [0.3, 0.4) is 0 Å². The van der Waals surface area contributed by atoms with Gasteiger partial charge in [0, 0.05) is 125 Å². The van der Waals surface area contributed by atoms with Crippen molar-refractivity contribution >= 4 is 64.1 Å². The molecule has 6 aliphatic heterocycles. The molecule has 80 heavy (non-hydrogen) atoms. The predicted molar refractivity (Wildman–Crippen MR) is 299 cm³/mol. The van der Waals surface area contributed by atoms with Crippen LogP contribution >= 0.6 is 0 Å². The quantitative estimate of drug-likeness (QED) is 0.107. The van der Waals surface area contributed by atoms with E-state index in [1.807, 2.05) is 63.8 Å². The first-order valence-electron chi connectivity index (χ1n) is 27.5. The molecule has 2 atom stereocenters. The Balaban J connectivity index is 0.570. The van der Waals surface area contributed by atoms with Crippen molar-refractivity contribution in [2.45, 2.75) is 83.1 Å². The van der Waals surface area contributed by atoms with E-state index in [1.165, 1.54) is 0 Å². The molecule has 0 aliphatic carbocycles. The van der Waals surface area contributed by atoms with E-state index in [1.54, 1.807) is 42.7 Å². The second-order valence-corrected chi connectivity index (χ2v) is 21.7. The number of hydrogen-bond donors (Lipinski definition) is 3. The van der Waals surface area contributed by atoms with Gasteiger partial charge in [-0.25, -0.2) is 19.3 Å². The van der Waals surface area contributed by atoms with Gasteiger partial charge in [-0.1, -0.05) is 24.0 Å². The SMILES string of the molecule is Cc1nc2ccc(-c3ccnc(N)c3)nc2n1-c1ccc(N2CCN(CC#CC3=CCC(C)(N4CCC(C(=O)N5CCC(n6cc(CNc7cccc8c7C(=O)N([C@H]7CCC(=O)NC7=O)C8=O)cn6)CC5)CC4)N=C3)CC2)c(F)c1. The molecular weight excluding hydrogens is 1020 g/mol. The number of anilines is 3. The number of aromatic nitrogens is 6. The number of rotatable bonds is 11. The molecule has 10 heterocycles. The van der Waals surface area contributed by atoms with Gasteiger partial charge in [-0.2, -0.15) is 5.10 Å². The van der Waals surface area contributed by atoms with E-state index in [2.05, 4.69) is 60.3 Å². The number of nitrogens with zero attached hydrogens (tertiary/aromatic N) is 12. The van der Waals surface area contributed by atoms with Crippen LogP contribution in [0.1, 0.15) is 90.0 Å². The number of nitrogens with two attached hydrogens (primary N) is 1. The zero-order valence-corrected chi connectivity index (χ0v) is 44.8.